The Hall–Kier alpha value is -0.820. The van der Waals surface area contributed by atoms with E-state index >= 15 is 0 Å². The van der Waals surface area contributed by atoms with Gasteiger partial charge in [0.25, 0.3) is 0 Å². The molecule has 0 saturated carbocycles. The zero-order chi connectivity index (χ0) is 13.1. The predicted octanol–water partition coefficient (Wildman–Crippen LogP) is 4.26. The van der Waals surface area contributed by atoms with Crippen molar-refractivity contribution in [1.29, 1.82) is 0 Å². The third-order valence-corrected chi connectivity index (χ3v) is 4.33. The molecule has 1 aliphatic rings. The zero-order valence-electron chi connectivity index (χ0n) is 12.3. The molecule has 2 unspecified atom stereocenters. The summed E-state index contributed by atoms with van der Waals surface area (Å²) in [6.45, 7) is 9.17. The van der Waals surface area contributed by atoms with Crippen LogP contribution in [0.25, 0.3) is 0 Å². The predicted molar refractivity (Wildman–Crippen MR) is 78.9 cm³/mol. The summed E-state index contributed by atoms with van der Waals surface area (Å²) in [7, 11) is 0. The van der Waals surface area contributed by atoms with Crippen LogP contribution < -0.4 is 5.32 Å². The normalized spacial score (nSPS) is 17.8. The summed E-state index contributed by atoms with van der Waals surface area (Å²) < 4.78 is 0. The van der Waals surface area contributed by atoms with Gasteiger partial charge in [0.15, 0.2) is 0 Å². The summed E-state index contributed by atoms with van der Waals surface area (Å²) in [5.41, 5.74) is 4.61. The van der Waals surface area contributed by atoms with Gasteiger partial charge in [-0.3, -0.25) is 0 Å². The third kappa shape index (κ3) is 2.95. The van der Waals surface area contributed by atoms with Gasteiger partial charge < -0.3 is 5.32 Å². The molecule has 2 atom stereocenters. The monoisotopic (exact) mass is 245 g/mol. The van der Waals surface area contributed by atoms with Gasteiger partial charge in [0.1, 0.15) is 0 Å². The van der Waals surface area contributed by atoms with Crippen LogP contribution in [0.15, 0.2) is 18.2 Å². The van der Waals surface area contributed by atoms with Crippen LogP contribution in [0.3, 0.4) is 0 Å². The summed E-state index contributed by atoms with van der Waals surface area (Å²) in [4.78, 5) is 0. The minimum atomic E-state index is 0.461. The van der Waals surface area contributed by atoms with Crippen molar-refractivity contribution in [2.24, 2.45) is 5.92 Å². The molecule has 0 aromatic heterocycles. The van der Waals surface area contributed by atoms with Gasteiger partial charge in [0.05, 0.1) is 0 Å². The Morgan fingerprint density at radius 2 is 1.83 bits per heavy atom. The van der Waals surface area contributed by atoms with Crippen molar-refractivity contribution in [3.63, 3.8) is 0 Å². The van der Waals surface area contributed by atoms with E-state index in [0.717, 1.165) is 0 Å². The first-order valence-electron chi connectivity index (χ1n) is 7.49. The van der Waals surface area contributed by atoms with Crippen molar-refractivity contribution in [3.05, 3.63) is 34.9 Å². The highest BCUT2D eigenvalue weighted by Gasteiger charge is 2.17. The van der Waals surface area contributed by atoms with E-state index in [1.807, 2.05) is 0 Å². The Kier molecular flexibility index (Phi) is 4.45. The molecule has 0 radical (unpaired) electrons. The molecule has 1 aromatic carbocycles. The lowest BCUT2D eigenvalue weighted by Crippen LogP contribution is -2.35. The number of hydrogen-bond donors (Lipinski definition) is 1. The van der Waals surface area contributed by atoms with E-state index in [-0.39, 0.29) is 0 Å². The van der Waals surface area contributed by atoms with Crippen LogP contribution >= 0.6 is 0 Å². The lowest BCUT2D eigenvalue weighted by atomic mass is 9.97. The van der Waals surface area contributed by atoms with Crippen LogP contribution in [0.4, 0.5) is 0 Å². The van der Waals surface area contributed by atoms with Crippen LogP contribution in [-0.2, 0) is 12.8 Å². The minimum absolute atomic E-state index is 0.461. The van der Waals surface area contributed by atoms with E-state index in [9.17, 15) is 0 Å². The maximum atomic E-state index is 3.77. The molecule has 0 bridgehead atoms. The van der Waals surface area contributed by atoms with E-state index in [4.69, 9.17) is 0 Å². The SMILES string of the molecule is CCC(NC(C)c1ccc2c(c1)CCC2)C(C)C. The highest BCUT2D eigenvalue weighted by Crippen LogP contribution is 2.26. The quantitative estimate of drug-likeness (QED) is 0.817. The third-order valence-electron chi connectivity index (χ3n) is 4.33. The van der Waals surface area contributed by atoms with Crippen molar-refractivity contribution >= 4 is 0 Å². The first kappa shape index (κ1) is 13.6. The molecule has 1 nitrogen and oxygen atoms in total. The number of hydrogen-bond acceptors (Lipinski definition) is 1. The highest BCUT2D eigenvalue weighted by atomic mass is 14.9. The summed E-state index contributed by atoms with van der Waals surface area (Å²) >= 11 is 0. The molecule has 0 aliphatic heterocycles. The van der Waals surface area contributed by atoms with Crippen LogP contribution in [0.1, 0.15) is 63.3 Å². The molecule has 2 rings (SSSR count). The Morgan fingerprint density at radius 3 is 2.50 bits per heavy atom. The van der Waals surface area contributed by atoms with E-state index < -0.39 is 0 Å². The fraction of sp³-hybridized carbons (Fsp3) is 0.647. The van der Waals surface area contributed by atoms with Gasteiger partial charge in [0, 0.05) is 12.1 Å². The summed E-state index contributed by atoms with van der Waals surface area (Å²) in [6, 6.07) is 8.16. The maximum Gasteiger partial charge on any atom is 0.0294 e. The molecular weight excluding hydrogens is 218 g/mol. The molecule has 100 valence electrons. The van der Waals surface area contributed by atoms with Crippen LogP contribution in [0.2, 0.25) is 0 Å². The fourth-order valence-corrected chi connectivity index (χ4v) is 3.06. The van der Waals surface area contributed by atoms with Crippen molar-refractivity contribution in [2.75, 3.05) is 0 Å². The second kappa shape index (κ2) is 5.88. The second-order valence-electron chi connectivity index (χ2n) is 6.03. The van der Waals surface area contributed by atoms with Crippen LogP contribution in [0.5, 0.6) is 0 Å². The molecule has 0 fully saturated rings. The largest absolute Gasteiger partial charge is 0.307 e. The molecule has 1 N–H and O–H groups in total. The number of benzene rings is 1. The van der Waals surface area contributed by atoms with Crippen LogP contribution in [0, 0.1) is 5.92 Å². The fourth-order valence-electron chi connectivity index (χ4n) is 3.06. The van der Waals surface area contributed by atoms with Crippen molar-refractivity contribution in [1.82, 2.24) is 5.32 Å². The highest BCUT2D eigenvalue weighted by molar-refractivity contribution is 5.36. The topological polar surface area (TPSA) is 12.0 Å². The van der Waals surface area contributed by atoms with E-state index in [1.54, 1.807) is 11.1 Å². The van der Waals surface area contributed by atoms with Gasteiger partial charge in [-0.25, -0.2) is 0 Å². The Balaban J connectivity index is 2.06. The number of fused-ring (bicyclic) bond motifs is 1. The molecule has 0 saturated heterocycles. The molecule has 1 aromatic rings. The maximum absolute atomic E-state index is 3.77. The number of aryl methyl sites for hydroxylation is 2. The van der Waals surface area contributed by atoms with Gasteiger partial charge in [-0.15, -0.1) is 0 Å². The lowest BCUT2D eigenvalue weighted by molar-refractivity contribution is 0.356. The molecule has 1 aliphatic carbocycles. The van der Waals surface area contributed by atoms with E-state index in [2.05, 4.69) is 51.2 Å². The standard InChI is InChI=1S/C17H27N/c1-5-17(12(2)3)18-13(4)15-10-9-14-7-6-8-16(14)11-15/h9-13,17-18H,5-8H2,1-4H3. The molecule has 18 heavy (non-hydrogen) atoms. The Bertz CT molecular complexity index is 395. The van der Waals surface area contributed by atoms with Gasteiger partial charge >= 0.3 is 0 Å². The summed E-state index contributed by atoms with van der Waals surface area (Å²) in [6.07, 6.45) is 5.09. The molecule has 1 heteroatoms. The zero-order valence-corrected chi connectivity index (χ0v) is 12.3. The van der Waals surface area contributed by atoms with Gasteiger partial charge in [-0.05, 0) is 55.2 Å². The summed E-state index contributed by atoms with van der Waals surface area (Å²) in [5, 5.41) is 3.77. The van der Waals surface area contributed by atoms with Crippen molar-refractivity contribution in [2.45, 2.75) is 65.5 Å². The molecular formula is C17H27N. The van der Waals surface area contributed by atoms with E-state index in [1.165, 1.54) is 31.2 Å². The summed E-state index contributed by atoms with van der Waals surface area (Å²) in [5.74, 6) is 0.701. The first-order valence-corrected chi connectivity index (χ1v) is 7.49. The molecule has 0 amide bonds. The Labute approximate surface area is 112 Å². The number of rotatable bonds is 5. The smallest absolute Gasteiger partial charge is 0.0294 e. The van der Waals surface area contributed by atoms with Gasteiger partial charge in [-0.2, -0.15) is 0 Å². The minimum Gasteiger partial charge on any atom is -0.307 e. The van der Waals surface area contributed by atoms with Crippen molar-refractivity contribution < 1.29 is 0 Å². The van der Waals surface area contributed by atoms with Crippen molar-refractivity contribution in [3.8, 4) is 0 Å². The molecule has 0 spiro atoms. The van der Waals surface area contributed by atoms with E-state index in [0.29, 0.717) is 18.0 Å². The van der Waals surface area contributed by atoms with Crippen LogP contribution in [-0.4, -0.2) is 6.04 Å². The molecule has 0 heterocycles. The van der Waals surface area contributed by atoms with Gasteiger partial charge in [-0.1, -0.05) is 39.0 Å². The first-order chi connectivity index (χ1) is 8.61. The second-order valence-corrected chi connectivity index (χ2v) is 6.03. The number of nitrogens with one attached hydrogen (secondary N) is 1. The van der Waals surface area contributed by atoms with Gasteiger partial charge in [0.2, 0.25) is 0 Å². The average molecular weight is 245 g/mol. The Morgan fingerprint density at radius 1 is 1.11 bits per heavy atom. The lowest BCUT2D eigenvalue weighted by Gasteiger charge is -2.26. The average Bonchev–Trinajstić information content (AvgIpc) is 2.82.